The second-order valence-electron chi connectivity index (χ2n) is 8.01. The number of anilines is 1. The highest BCUT2D eigenvalue weighted by Crippen LogP contribution is 2.25. The van der Waals surface area contributed by atoms with Crippen LogP contribution in [0.5, 0.6) is 0 Å². The molecular formula is C19H25N3O3. The topological polar surface area (TPSA) is 69.7 Å². The van der Waals surface area contributed by atoms with Gasteiger partial charge in [-0.1, -0.05) is 20.8 Å². The maximum absolute atomic E-state index is 12.7. The number of hydrogen-bond acceptors (Lipinski definition) is 3. The van der Waals surface area contributed by atoms with Gasteiger partial charge in [0.2, 0.25) is 11.8 Å². The van der Waals surface area contributed by atoms with Gasteiger partial charge in [0.25, 0.3) is 5.91 Å². The number of carbonyl (C=O) groups is 3. The monoisotopic (exact) mass is 343 g/mol. The number of nitrogens with one attached hydrogen (secondary N) is 1. The van der Waals surface area contributed by atoms with Gasteiger partial charge < -0.3 is 15.1 Å². The van der Waals surface area contributed by atoms with Crippen LogP contribution in [0.1, 0.15) is 43.1 Å². The van der Waals surface area contributed by atoms with Crippen LogP contribution in [0.4, 0.5) is 5.69 Å². The van der Waals surface area contributed by atoms with E-state index >= 15 is 0 Å². The van der Waals surface area contributed by atoms with E-state index in [-0.39, 0.29) is 23.1 Å². The molecule has 0 spiro atoms. The first kappa shape index (κ1) is 17.5. The Balaban J connectivity index is 1.60. The van der Waals surface area contributed by atoms with Crippen molar-refractivity contribution >= 4 is 23.4 Å². The molecule has 134 valence electrons. The number of amides is 3. The average molecular weight is 343 g/mol. The van der Waals surface area contributed by atoms with E-state index < -0.39 is 0 Å². The number of fused-ring (bicyclic) bond motifs is 1. The summed E-state index contributed by atoms with van der Waals surface area (Å²) in [6, 6.07) is 5.34. The number of piperazine rings is 1. The Labute approximate surface area is 148 Å². The van der Waals surface area contributed by atoms with Crippen LogP contribution in [-0.4, -0.2) is 53.7 Å². The predicted molar refractivity (Wildman–Crippen MR) is 95.3 cm³/mol. The smallest absolute Gasteiger partial charge is 0.253 e. The third kappa shape index (κ3) is 4.00. The summed E-state index contributed by atoms with van der Waals surface area (Å²) in [5.41, 5.74) is 2.23. The Morgan fingerprint density at radius 3 is 2.36 bits per heavy atom. The molecule has 0 aliphatic carbocycles. The van der Waals surface area contributed by atoms with Gasteiger partial charge >= 0.3 is 0 Å². The number of carbonyl (C=O) groups excluding carboxylic acids is 3. The van der Waals surface area contributed by atoms with Crippen molar-refractivity contribution in [2.45, 2.75) is 33.6 Å². The third-order valence-corrected chi connectivity index (χ3v) is 4.58. The minimum atomic E-state index is -0.0370. The van der Waals surface area contributed by atoms with Gasteiger partial charge in [-0.2, -0.15) is 0 Å². The van der Waals surface area contributed by atoms with Crippen molar-refractivity contribution in [1.82, 2.24) is 9.80 Å². The first-order chi connectivity index (χ1) is 11.7. The Bertz CT molecular complexity index is 713. The molecule has 1 aromatic rings. The fourth-order valence-electron chi connectivity index (χ4n) is 3.27. The van der Waals surface area contributed by atoms with Gasteiger partial charge in [-0.05, 0) is 29.2 Å². The number of nitrogens with zero attached hydrogens (tertiary/aromatic N) is 2. The molecule has 6 heteroatoms. The minimum Gasteiger partial charge on any atom is -0.339 e. The lowest BCUT2D eigenvalue weighted by molar-refractivity contribution is -0.134. The molecule has 25 heavy (non-hydrogen) atoms. The second kappa shape index (κ2) is 6.50. The van der Waals surface area contributed by atoms with Gasteiger partial charge in [0, 0.05) is 43.9 Å². The van der Waals surface area contributed by atoms with Crippen LogP contribution in [0, 0.1) is 5.41 Å². The molecule has 0 unspecified atom stereocenters. The zero-order valence-electron chi connectivity index (χ0n) is 15.1. The molecule has 0 radical (unpaired) electrons. The van der Waals surface area contributed by atoms with Crippen LogP contribution in [0.15, 0.2) is 18.2 Å². The first-order valence-corrected chi connectivity index (χ1v) is 8.73. The average Bonchev–Trinajstić information content (AvgIpc) is 2.91. The number of rotatable bonds is 2. The van der Waals surface area contributed by atoms with Crippen molar-refractivity contribution in [3.05, 3.63) is 29.3 Å². The van der Waals surface area contributed by atoms with E-state index in [1.165, 1.54) is 0 Å². The van der Waals surface area contributed by atoms with E-state index in [0.717, 1.165) is 11.3 Å². The Hall–Kier alpha value is -2.37. The summed E-state index contributed by atoms with van der Waals surface area (Å²) in [6.07, 6.45) is 0.846. The maximum atomic E-state index is 12.7. The molecule has 0 atom stereocenters. The van der Waals surface area contributed by atoms with Gasteiger partial charge in [0.15, 0.2) is 0 Å². The van der Waals surface area contributed by atoms with Crippen LogP contribution in [0.3, 0.4) is 0 Å². The fraction of sp³-hybridized carbons (Fsp3) is 0.526. The van der Waals surface area contributed by atoms with Crippen LogP contribution >= 0.6 is 0 Å². The molecule has 6 nitrogen and oxygen atoms in total. The normalized spacial score (nSPS) is 17.3. The summed E-state index contributed by atoms with van der Waals surface area (Å²) < 4.78 is 0. The highest BCUT2D eigenvalue weighted by atomic mass is 16.2. The summed E-state index contributed by atoms with van der Waals surface area (Å²) in [5, 5.41) is 2.77. The lowest BCUT2D eigenvalue weighted by atomic mass is 9.91. The summed E-state index contributed by atoms with van der Waals surface area (Å²) in [7, 11) is 0. The second-order valence-corrected chi connectivity index (χ2v) is 8.01. The summed E-state index contributed by atoms with van der Waals surface area (Å²) >= 11 is 0. The lowest BCUT2D eigenvalue weighted by Crippen LogP contribution is -2.51. The molecule has 1 N–H and O–H groups in total. The maximum Gasteiger partial charge on any atom is 0.253 e. The molecular weight excluding hydrogens is 318 g/mol. The zero-order chi connectivity index (χ0) is 18.2. The van der Waals surface area contributed by atoms with E-state index in [4.69, 9.17) is 0 Å². The first-order valence-electron chi connectivity index (χ1n) is 8.73. The molecule has 3 rings (SSSR count). The number of benzene rings is 1. The zero-order valence-corrected chi connectivity index (χ0v) is 15.1. The Morgan fingerprint density at radius 2 is 1.72 bits per heavy atom. The van der Waals surface area contributed by atoms with E-state index in [2.05, 4.69) is 26.1 Å². The molecule has 2 aliphatic rings. The van der Waals surface area contributed by atoms with Crippen LogP contribution in [0.25, 0.3) is 0 Å². The summed E-state index contributed by atoms with van der Waals surface area (Å²) in [5.74, 6) is 0.0809. The quantitative estimate of drug-likeness (QED) is 0.892. The van der Waals surface area contributed by atoms with Crippen molar-refractivity contribution in [3.63, 3.8) is 0 Å². The van der Waals surface area contributed by atoms with Gasteiger partial charge in [0.1, 0.15) is 0 Å². The fourth-order valence-corrected chi connectivity index (χ4v) is 3.27. The highest BCUT2D eigenvalue weighted by molar-refractivity contribution is 6.01. The van der Waals surface area contributed by atoms with Crippen molar-refractivity contribution in [2.24, 2.45) is 5.41 Å². The molecule has 1 aromatic carbocycles. The SMILES string of the molecule is CC(C)(C)CC(=O)N1CCN(C(=O)c2ccc3c(c2)CC(=O)N3)CC1. The molecule has 1 saturated heterocycles. The van der Waals surface area contributed by atoms with E-state index in [1.807, 2.05) is 4.90 Å². The summed E-state index contributed by atoms with van der Waals surface area (Å²) in [6.45, 7) is 8.40. The minimum absolute atomic E-state index is 0.0279. The van der Waals surface area contributed by atoms with Crippen LogP contribution in [0.2, 0.25) is 0 Å². The summed E-state index contributed by atoms with van der Waals surface area (Å²) in [4.78, 5) is 40.1. The van der Waals surface area contributed by atoms with E-state index in [0.29, 0.717) is 44.6 Å². The van der Waals surface area contributed by atoms with Crippen molar-refractivity contribution in [1.29, 1.82) is 0 Å². The molecule has 2 heterocycles. The van der Waals surface area contributed by atoms with Crippen molar-refractivity contribution in [3.8, 4) is 0 Å². The van der Waals surface area contributed by atoms with E-state index in [9.17, 15) is 14.4 Å². The highest BCUT2D eigenvalue weighted by Gasteiger charge is 2.28. The molecule has 0 bridgehead atoms. The Kier molecular flexibility index (Phi) is 4.54. The standard InChI is InChI=1S/C19H25N3O3/c1-19(2,3)12-17(24)21-6-8-22(9-7-21)18(25)13-4-5-15-14(10-13)11-16(23)20-15/h4-5,10H,6-9,11-12H2,1-3H3,(H,20,23). The third-order valence-electron chi connectivity index (χ3n) is 4.58. The molecule has 0 saturated carbocycles. The largest absolute Gasteiger partial charge is 0.339 e. The van der Waals surface area contributed by atoms with Gasteiger partial charge in [-0.25, -0.2) is 0 Å². The lowest BCUT2D eigenvalue weighted by Gasteiger charge is -2.36. The van der Waals surface area contributed by atoms with Crippen LogP contribution in [-0.2, 0) is 16.0 Å². The van der Waals surface area contributed by atoms with Crippen LogP contribution < -0.4 is 5.32 Å². The van der Waals surface area contributed by atoms with Crippen molar-refractivity contribution in [2.75, 3.05) is 31.5 Å². The molecule has 0 aromatic heterocycles. The molecule has 2 aliphatic heterocycles. The molecule has 3 amide bonds. The Morgan fingerprint density at radius 1 is 1.08 bits per heavy atom. The molecule has 1 fully saturated rings. The van der Waals surface area contributed by atoms with E-state index in [1.54, 1.807) is 23.1 Å². The predicted octanol–water partition coefficient (Wildman–Crippen LogP) is 1.90. The number of hydrogen-bond donors (Lipinski definition) is 1. The van der Waals surface area contributed by atoms with Gasteiger partial charge in [-0.3, -0.25) is 14.4 Å². The van der Waals surface area contributed by atoms with Gasteiger partial charge in [-0.15, -0.1) is 0 Å². The van der Waals surface area contributed by atoms with Crippen molar-refractivity contribution < 1.29 is 14.4 Å². The van der Waals surface area contributed by atoms with Gasteiger partial charge in [0.05, 0.1) is 6.42 Å².